The molecule has 5 nitrogen and oxygen atoms in total. The first-order valence-electron chi connectivity index (χ1n) is 7.51. The number of benzene rings is 2. The molecule has 0 saturated heterocycles. The molecule has 0 fully saturated rings. The maximum atomic E-state index is 11.5. The van der Waals surface area contributed by atoms with Gasteiger partial charge in [0.25, 0.3) is 0 Å². The molecule has 0 amide bonds. The van der Waals surface area contributed by atoms with Crippen LogP contribution in [0.3, 0.4) is 0 Å². The van der Waals surface area contributed by atoms with E-state index in [2.05, 4.69) is 4.74 Å². The number of methoxy groups -OCH3 is 2. The number of rotatable bonds is 5. The minimum atomic E-state index is -0.458. The van der Waals surface area contributed by atoms with Crippen LogP contribution in [0.4, 0.5) is 0 Å². The second-order valence-corrected chi connectivity index (χ2v) is 5.25. The van der Waals surface area contributed by atoms with E-state index in [0.717, 1.165) is 16.7 Å². The zero-order valence-electron chi connectivity index (χ0n) is 13.6. The molecule has 0 saturated carbocycles. The van der Waals surface area contributed by atoms with Gasteiger partial charge in [0.2, 0.25) is 0 Å². The van der Waals surface area contributed by atoms with Crippen molar-refractivity contribution in [2.75, 3.05) is 14.2 Å². The van der Waals surface area contributed by atoms with E-state index in [1.54, 1.807) is 7.11 Å². The predicted octanol–water partition coefficient (Wildman–Crippen LogP) is 3.32. The predicted molar refractivity (Wildman–Crippen MR) is 88.6 cm³/mol. The zero-order valence-corrected chi connectivity index (χ0v) is 13.6. The van der Waals surface area contributed by atoms with Crippen LogP contribution in [0.25, 0.3) is 5.76 Å². The monoisotopic (exact) mass is 326 g/mol. The van der Waals surface area contributed by atoms with Crippen LogP contribution in [-0.4, -0.2) is 20.2 Å². The Hall–Kier alpha value is -2.95. The highest BCUT2D eigenvalue weighted by molar-refractivity contribution is 5.91. The number of esters is 1. The van der Waals surface area contributed by atoms with Crippen LogP contribution in [0.2, 0.25) is 0 Å². The molecule has 0 bridgehead atoms. The SMILES string of the molecule is COC(=O)/C=C1\OCc2cc(OC)c(OCc3ccccc3)cc21. The Bertz CT molecular complexity index is 765. The van der Waals surface area contributed by atoms with Crippen LogP contribution >= 0.6 is 0 Å². The van der Waals surface area contributed by atoms with Gasteiger partial charge < -0.3 is 18.9 Å². The van der Waals surface area contributed by atoms with Crippen molar-refractivity contribution in [1.29, 1.82) is 0 Å². The smallest absolute Gasteiger partial charge is 0.334 e. The highest BCUT2D eigenvalue weighted by Gasteiger charge is 2.22. The van der Waals surface area contributed by atoms with Gasteiger partial charge in [-0.05, 0) is 17.7 Å². The van der Waals surface area contributed by atoms with Crippen molar-refractivity contribution in [2.45, 2.75) is 13.2 Å². The lowest BCUT2D eigenvalue weighted by molar-refractivity contribution is -0.134. The zero-order chi connectivity index (χ0) is 16.9. The fourth-order valence-electron chi connectivity index (χ4n) is 2.48. The maximum absolute atomic E-state index is 11.5. The normalized spacial score (nSPS) is 14.0. The molecule has 1 heterocycles. The first kappa shape index (κ1) is 15.9. The molecular formula is C19H18O5. The minimum absolute atomic E-state index is 0.382. The number of hydrogen-bond acceptors (Lipinski definition) is 5. The van der Waals surface area contributed by atoms with E-state index in [1.165, 1.54) is 13.2 Å². The van der Waals surface area contributed by atoms with Crippen LogP contribution in [0.1, 0.15) is 16.7 Å². The summed E-state index contributed by atoms with van der Waals surface area (Å²) < 4.78 is 21.5. The van der Waals surface area contributed by atoms with Gasteiger partial charge in [-0.25, -0.2) is 4.79 Å². The molecule has 5 heteroatoms. The fraction of sp³-hybridized carbons (Fsp3) is 0.211. The van der Waals surface area contributed by atoms with Crippen molar-refractivity contribution < 1.29 is 23.7 Å². The second kappa shape index (κ2) is 7.08. The van der Waals surface area contributed by atoms with Crippen LogP contribution < -0.4 is 9.47 Å². The molecule has 0 aliphatic carbocycles. The maximum Gasteiger partial charge on any atom is 0.334 e. The summed E-state index contributed by atoms with van der Waals surface area (Å²) in [6.45, 7) is 0.806. The van der Waals surface area contributed by atoms with Gasteiger partial charge in [-0.15, -0.1) is 0 Å². The van der Waals surface area contributed by atoms with E-state index >= 15 is 0 Å². The summed E-state index contributed by atoms with van der Waals surface area (Å²) in [5.74, 6) is 1.25. The highest BCUT2D eigenvalue weighted by atomic mass is 16.5. The average molecular weight is 326 g/mol. The van der Waals surface area contributed by atoms with Gasteiger partial charge in [0.15, 0.2) is 11.5 Å². The molecule has 24 heavy (non-hydrogen) atoms. The van der Waals surface area contributed by atoms with Gasteiger partial charge in [0, 0.05) is 11.1 Å². The van der Waals surface area contributed by atoms with Crippen LogP contribution in [0.15, 0.2) is 48.5 Å². The molecule has 2 aromatic carbocycles. The molecule has 124 valence electrons. The Morgan fingerprint density at radius 2 is 1.96 bits per heavy atom. The molecule has 0 N–H and O–H groups in total. The largest absolute Gasteiger partial charge is 0.493 e. The quantitative estimate of drug-likeness (QED) is 0.623. The van der Waals surface area contributed by atoms with Gasteiger partial charge in [-0.2, -0.15) is 0 Å². The molecule has 0 aromatic heterocycles. The number of carbonyl (C=O) groups excluding carboxylic acids is 1. The van der Waals surface area contributed by atoms with Crippen molar-refractivity contribution in [1.82, 2.24) is 0 Å². The molecule has 0 unspecified atom stereocenters. The summed E-state index contributed by atoms with van der Waals surface area (Å²) in [7, 11) is 2.93. The lowest BCUT2D eigenvalue weighted by Crippen LogP contribution is -1.99. The summed E-state index contributed by atoms with van der Waals surface area (Å²) in [6.07, 6.45) is 1.33. The van der Waals surface area contributed by atoms with E-state index in [1.807, 2.05) is 42.5 Å². The van der Waals surface area contributed by atoms with Gasteiger partial charge in [-0.3, -0.25) is 0 Å². The summed E-state index contributed by atoms with van der Waals surface area (Å²) in [5.41, 5.74) is 2.81. The number of hydrogen-bond donors (Lipinski definition) is 0. The molecule has 0 atom stereocenters. The molecule has 1 aliphatic heterocycles. The second-order valence-electron chi connectivity index (χ2n) is 5.25. The van der Waals surface area contributed by atoms with E-state index in [-0.39, 0.29) is 0 Å². The van der Waals surface area contributed by atoms with E-state index < -0.39 is 5.97 Å². The number of ether oxygens (including phenoxy) is 4. The Labute approximate surface area is 140 Å². The molecular weight excluding hydrogens is 308 g/mol. The first-order valence-corrected chi connectivity index (χ1v) is 7.51. The van der Waals surface area contributed by atoms with Crippen molar-refractivity contribution >= 4 is 11.7 Å². The third-order valence-electron chi connectivity index (χ3n) is 3.73. The van der Waals surface area contributed by atoms with E-state index in [9.17, 15) is 4.79 Å². The molecule has 0 radical (unpaired) electrons. The van der Waals surface area contributed by atoms with Gasteiger partial charge in [-0.1, -0.05) is 30.3 Å². The van der Waals surface area contributed by atoms with Crippen LogP contribution in [-0.2, 0) is 27.5 Å². The van der Waals surface area contributed by atoms with Crippen molar-refractivity contribution in [3.05, 3.63) is 65.2 Å². The number of carbonyl (C=O) groups is 1. The van der Waals surface area contributed by atoms with Gasteiger partial charge in [0.1, 0.15) is 19.0 Å². The van der Waals surface area contributed by atoms with Gasteiger partial charge in [0.05, 0.1) is 20.3 Å². The van der Waals surface area contributed by atoms with Crippen LogP contribution in [0.5, 0.6) is 11.5 Å². The fourth-order valence-corrected chi connectivity index (χ4v) is 2.48. The van der Waals surface area contributed by atoms with E-state index in [4.69, 9.17) is 14.2 Å². The highest BCUT2D eigenvalue weighted by Crippen LogP contribution is 2.39. The third-order valence-corrected chi connectivity index (χ3v) is 3.73. The Kier molecular flexibility index (Phi) is 4.70. The van der Waals surface area contributed by atoms with Crippen LogP contribution in [0, 0.1) is 0 Å². The van der Waals surface area contributed by atoms with Crippen molar-refractivity contribution in [3.63, 3.8) is 0 Å². The summed E-state index contributed by atoms with van der Waals surface area (Å²) in [5, 5.41) is 0. The van der Waals surface area contributed by atoms with Crippen molar-refractivity contribution in [3.8, 4) is 11.5 Å². The third kappa shape index (κ3) is 3.35. The topological polar surface area (TPSA) is 54.0 Å². The lowest BCUT2D eigenvalue weighted by atomic mass is 10.1. The standard InChI is InChI=1S/C19H18O5/c1-21-17-8-14-12-24-16(10-19(20)22-2)15(14)9-18(17)23-11-13-6-4-3-5-7-13/h3-10H,11-12H2,1-2H3/b16-10-. The molecule has 1 aliphatic rings. The van der Waals surface area contributed by atoms with Gasteiger partial charge >= 0.3 is 5.97 Å². The Morgan fingerprint density at radius 1 is 1.17 bits per heavy atom. The summed E-state index contributed by atoms with van der Waals surface area (Å²) >= 11 is 0. The molecule has 2 aromatic rings. The number of fused-ring (bicyclic) bond motifs is 1. The Balaban J connectivity index is 1.88. The lowest BCUT2D eigenvalue weighted by Gasteiger charge is -2.12. The minimum Gasteiger partial charge on any atom is -0.493 e. The Morgan fingerprint density at radius 3 is 2.67 bits per heavy atom. The summed E-state index contributed by atoms with van der Waals surface area (Å²) in [6, 6.07) is 13.6. The van der Waals surface area contributed by atoms with E-state index in [0.29, 0.717) is 30.5 Å². The molecule has 0 spiro atoms. The first-order chi connectivity index (χ1) is 11.7. The molecule has 3 rings (SSSR count). The average Bonchev–Trinajstić information content (AvgIpc) is 3.01. The van der Waals surface area contributed by atoms with Crippen molar-refractivity contribution in [2.24, 2.45) is 0 Å². The summed E-state index contributed by atoms with van der Waals surface area (Å²) in [4.78, 5) is 11.5.